The molecule has 2 rings (SSSR count). The van der Waals surface area contributed by atoms with Gasteiger partial charge < -0.3 is 15.4 Å². The van der Waals surface area contributed by atoms with E-state index in [-0.39, 0.29) is 6.10 Å². The monoisotopic (exact) mass is 234 g/mol. The summed E-state index contributed by atoms with van der Waals surface area (Å²) in [6, 6.07) is 8.53. The van der Waals surface area contributed by atoms with Crippen LogP contribution in [0.5, 0.6) is 5.75 Å². The number of nitrogens with zero attached hydrogens (tertiary/aromatic N) is 1. The molecule has 1 aromatic rings. The molecular weight excluding hydrogens is 212 g/mol. The fourth-order valence-corrected chi connectivity index (χ4v) is 2.32. The zero-order valence-corrected chi connectivity index (χ0v) is 10.7. The summed E-state index contributed by atoms with van der Waals surface area (Å²) in [5.41, 5.74) is 7.14. The zero-order valence-electron chi connectivity index (χ0n) is 10.7. The highest BCUT2D eigenvalue weighted by molar-refractivity contribution is 5.49. The first-order valence-corrected chi connectivity index (χ1v) is 6.35. The molecule has 1 saturated carbocycles. The van der Waals surface area contributed by atoms with Gasteiger partial charge in [-0.25, -0.2) is 0 Å². The van der Waals surface area contributed by atoms with E-state index < -0.39 is 0 Å². The number of rotatable bonds is 3. The molecule has 3 nitrogen and oxygen atoms in total. The molecule has 0 bridgehead atoms. The van der Waals surface area contributed by atoms with Gasteiger partial charge in [0.1, 0.15) is 11.9 Å². The highest BCUT2D eigenvalue weighted by atomic mass is 16.5. The molecule has 0 saturated heterocycles. The van der Waals surface area contributed by atoms with Crippen molar-refractivity contribution in [1.29, 1.82) is 0 Å². The van der Waals surface area contributed by atoms with Gasteiger partial charge in [0.25, 0.3) is 0 Å². The minimum Gasteiger partial charge on any atom is -0.490 e. The van der Waals surface area contributed by atoms with Gasteiger partial charge in [0.2, 0.25) is 0 Å². The maximum absolute atomic E-state index is 6.01. The standard InChI is InChI=1S/C14H22N2O/c1-16(2)12-6-4-8-14(10-12)17-13-7-3-5-11(15)9-13/h4,6,8,10-11,13H,3,5,7,9,15H2,1-2H3. The molecule has 1 aliphatic rings. The predicted molar refractivity (Wildman–Crippen MR) is 71.6 cm³/mol. The molecule has 2 N–H and O–H groups in total. The summed E-state index contributed by atoms with van der Waals surface area (Å²) in [6.07, 6.45) is 4.71. The third kappa shape index (κ3) is 3.37. The fourth-order valence-electron chi connectivity index (χ4n) is 2.32. The zero-order chi connectivity index (χ0) is 12.3. The van der Waals surface area contributed by atoms with Gasteiger partial charge in [0.15, 0.2) is 0 Å². The maximum Gasteiger partial charge on any atom is 0.121 e. The Hall–Kier alpha value is -1.22. The van der Waals surface area contributed by atoms with Crippen molar-refractivity contribution < 1.29 is 4.74 Å². The fraction of sp³-hybridized carbons (Fsp3) is 0.571. The van der Waals surface area contributed by atoms with E-state index in [2.05, 4.69) is 17.0 Å². The smallest absolute Gasteiger partial charge is 0.121 e. The topological polar surface area (TPSA) is 38.5 Å². The number of hydrogen-bond donors (Lipinski definition) is 1. The van der Waals surface area contributed by atoms with Gasteiger partial charge in [-0.2, -0.15) is 0 Å². The van der Waals surface area contributed by atoms with E-state index in [1.807, 2.05) is 26.2 Å². The summed E-state index contributed by atoms with van der Waals surface area (Å²) in [5, 5.41) is 0. The molecule has 2 unspecified atom stereocenters. The molecule has 3 heteroatoms. The summed E-state index contributed by atoms with van der Waals surface area (Å²) in [7, 11) is 4.07. The quantitative estimate of drug-likeness (QED) is 0.872. The number of benzene rings is 1. The second-order valence-corrected chi connectivity index (χ2v) is 5.06. The van der Waals surface area contributed by atoms with Crippen LogP contribution in [0.4, 0.5) is 5.69 Å². The molecule has 1 aromatic carbocycles. The molecule has 0 spiro atoms. The highest BCUT2D eigenvalue weighted by Crippen LogP contribution is 2.25. The van der Waals surface area contributed by atoms with Crippen LogP contribution >= 0.6 is 0 Å². The second-order valence-electron chi connectivity index (χ2n) is 5.06. The molecule has 0 aromatic heterocycles. The Bertz CT molecular complexity index is 365. The van der Waals surface area contributed by atoms with Crippen LogP contribution in [0.1, 0.15) is 25.7 Å². The number of ether oxygens (including phenoxy) is 1. The third-order valence-corrected chi connectivity index (χ3v) is 3.30. The Morgan fingerprint density at radius 2 is 2.12 bits per heavy atom. The lowest BCUT2D eigenvalue weighted by Crippen LogP contribution is -2.33. The normalized spacial score (nSPS) is 24.4. The van der Waals surface area contributed by atoms with Crippen molar-refractivity contribution in [3.8, 4) is 5.75 Å². The van der Waals surface area contributed by atoms with Gasteiger partial charge in [-0.15, -0.1) is 0 Å². The average Bonchev–Trinajstić information content (AvgIpc) is 2.29. The Morgan fingerprint density at radius 3 is 2.82 bits per heavy atom. The molecule has 0 aliphatic heterocycles. The molecule has 0 amide bonds. The first-order chi connectivity index (χ1) is 8.15. The van der Waals surface area contributed by atoms with Crippen LogP contribution in [-0.4, -0.2) is 26.2 Å². The maximum atomic E-state index is 6.01. The van der Waals surface area contributed by atoms with Crippen molar-refractivity contribution in [2.24, 2.45) is 5.73 Å². The lowest BCUT2D eigenvalue weighted by Gasteiger charge is -2.27. The Balaban J connectivity index is 2.00. The molecular formula is C14H22N2O. The lowest BCUT2D eigenvalue weighted by atomic mass is 9.93. The molecule has 94 valence electrons. The van der Waals surface area contributed by atoms with E-state index in [1.54, 1.807) is 0 Å². The summed E-state index contributed by atoms with van der Waals surface area (Å²) in [4.78, 5) is 2.08. The summed E-state index contributed by atoms with van der Waals surface area (Å²) in [6.45, 7) is 0. The summed E-state index contributed by atoms with van der Waals surface area (Å²) >= 11 is 0. The van der Waals surface area contributed by atoms with Gasteiger partial charge in [-0.3, -0.25) is 0 Å². The first-order valence-electron chi connectivity index (χ1n) is 6.35. The van der Waals surface area contributed by atoms with Crippen molar-refractivity contribution in [2.45, 2.75) is 37.8 Å². The van der Waals surface area contributed by atoms with Crippen LogP contribution < -0.4 is 15.4 Å². The highest BCUT2D eigenvalue weighted by Gasteiger charge is 2.20. The van der Waals surface area contributed by atoms with Crippen LogP contribution in [0.3, 0.4) is 0 Å². The van der Waals surface area contributed by atoms with Crippen molar-refractivity contribution >= 4 is 5.69 Å². The van der Waals surface area contributed by atoms with E-state index in [1.165, 1.54) is 12.1 Å². The van der Waals surface area contributed by atoms with Gasteiger partial charge in [-0.05, 0) is 37.8 Å². The summed E-state index contributed by atoms with van der Waals surface area (Å²) in [5.74, 6) is 0.954. The Morgan fingerprint density at radius 1 is 1.29 bits per heavy atom. The van der Waals surface area contributed by atoms with Gasteiger partial charge in [0, 0.05) is 31.9 Å². The van der Waals surface area contributed by atoms with Gasteiger partial charge >= 0.3 is 0 Å². The third-order valence-electron chi connectivity index (χ3n) is 3.30. The number of nitrogens with two attached hydrogens (primary N) is 1. The van der Waals surface area contributed by atoms with E-state index in [9.17, 15) is 0 Å². The van der Waals surface area contributed by atoms with Crippen LogP contribution in [0, 0.1) is 0 Å². The lowest BCUT2D eigenvalue weighted by molar-refractivity contribution is 0.144. The van der Waals surface area contributed by atoms with E-state index >= 15 is 0 Å². The first kappa shape index (κ1) is 12.2. The molecule has 0 heterocycles. The van der Waals surface area contributed by atoms with Crippen molar-refractivity contribution in [3.63, 3.8) is 0 Å². The van der Waals surface area contributed by atoms with E-state index in [4.69, 9.17) is 10.5 Å². The SMILES string of the molecule is CN(C)c1cccc(OC2CCCC(N)C2)c1. The van der Waals surface area contributed by atoms with Gasteiger partial charge in [-0.1, -0.05) is 6.07 Å². The molecule has 1 aliphatic carbocycles. The van der Waals surface area contributed by atoms with Crippen LogP contribution in [0.2, 0.25) is 0 Å². The molecule has 17 heavy (non-hydrogen) atoms. The minimum atomic E-state index is 0.288. The van der Waals surface area contributed by atoms with Crippen molar-refractivity contribution in [1.82, 2.24) is 0 Å². The van der Waals surface area contributed by atoms with Crippen LogP contribution in [0.15, 0.2) is 24.3 Å². The predicted octanol–water partition coefficient (Wildman–Crippen LogP) is 2.40. The van der Waals surface area contributed by atoms with Crippen molar-refractivity contribution in [2.75, 3.05) is 19.0 Å². The number of anilines is 1. The Labute approximate surface area is 104 Å². The van der Waals surface area contributed by atoms with Crippen molar-refractivity contribution in [3.05, 3.63) is 24.3 Å². The number of hydrogen-bond acceptors (Lipinski definition) is 3. The second kappa shape index (κ2) is 5.41. The Kier molecular flexibility index (Phi) is 3.89. The molecule has 2 atom stereocenters. The molecule has 0 radical (unpaired) electrons. The average molecular weight is 234 g/mol. The van der Waals surface area contributed by atoms with E-state index in [0.717, 1.165) is 25.0 Å². The minimum absolute atomic E-state index is 0.288. The largest absolute Gasteiger partial charge is 0.490 e. The molecule has 1 fully saturated rings. The van der Waals surface area contributed by atoms with Crippen LogP contribution in [-0.2, 0) is 0 Å². The van der Waals surface area contributed by atoms with E-state index in [0.29, 0.717) is 6.04 Å². The van der Waals surface area contributed by atoms with Gasteiger partial charge in [0.05, 0.1) is 0 Å². The summed E-state index contributed by atoms with van der Waals surface area (Å²) < 4.78 is 6.01. The van der Waals surface area contributed by atoms with Crippen LogP contribution in [0.25, 0.3) is 0 Å².